The lowest BCUT2D eigenvalue weighted by molar-refractivity contribution is 0.102. The molecule has 6 nitrogen and oxygen atoms in total. The number of hydrogen-bond donors (Lipinski definition) is 1. The van der Waals surface area contributed by atoms with Gasteiger partial charge in [0.1, 0.15) is 5.75 Å². The van der Waals surface area contributed by atoms with Crippen LogP contribution < -0.4 is 10.1 Å². The first kappa shape index (κ1) is 17.5. The predicted molar refractivity (Wildman–Crippen MR) is 108 cm³/mol. The van der Waals surface area contributed by atoms with Gasteiger partial charge in [-0.05, 0) is 36.4 Å². The quantitative estimate of drug-likeness (QED) is 0.572. The lowest BCUT2D eigenvalue weighted by Crippen LogP contribution is -2.15. The normalized spacial score (nSPS) is 10.5. The van der Waals surface area contributed by atoms with E-state index < -0.39 is 0 Å². The van der Waals surface area contributed by atoms with Gasteiger partial charge in [-0.15, -0.1) is 5.10 Å². The van der Waals surface area contributed by atoms with Gasteiger partial charge in [0.15, 0.2) is 5.82 Å². The summed E-state index contributed by atoms with van der Waals surface area (Å²) in [6.07, 6.45) is 0. The number of nitrogens with one attached hydrogen (secondary N) is 1. The maximum atomic E-state index is 12.6. The Morgan fingerprint density at radius 1 is 0.893 bits per heavy atom. The highest BCUT2D eigenvalue weighted by atomic mass is 16.5. The van der Waals surface area contributed by atoms with Gasteiger partial charge >= 0.3 is 0 Å². The Bertz CT molecular complexity index is 1070. The molecular weight excluding hydrogens is 352 g/mol. The summed E-state index contributed by atoms with van der Waals surface area (Å²) in [4.78, 5) is 17.2. The number of carbonyl (C=O) groups excluding carboxylic acids is 1. The topological polar surface area (TPSA) is 69.0 Å². The maximum absolute atomic E-state index is 12.6. The molecule has 4 rings (SSSR count). The number of methoxy groups -OCH3 is 1. The molecule has 0 radical (unpaired) electrons. The van der Waals surface area contributed by atoms with E-state index in [2.05, 4.69) is 15.4 Å². The molecule has 0 aliphatic carbocycles. The van der Waals surface area contributed by atoms with Crippen molar-refractivity contribution in [3.63, 3.8) is 0 Å². The maximum Gasteiger partial charge on any atom is 0.258 e. The first-order chi connectivity index (χ1) is 13.7. The van der Waals surface area contributed by atoms with Crippen molar-refractivity contribution in [2.45, 2.75) is 0 Å². The van der Waals surface area contributed by atoms with E-state index in [1.54, 1.807) is 23.9 Å². The zero-order valence-electron chi connectivity index (χ0n) is 15.2. The number of carbonyl (C=O) groups is 1. The molecule has 0 aliphatic rings. The third-order valence-corrected chi connectivity index (χ3v) is 4.22. The molecule has 1 N–H and O–H groups in total. The minimum atomic E-state index is -0.248. The number of rotatable bonds is 5. The zero-order chi connectivity index (χ0) is 19.3. The summed E-state index contributed by atoms with van der Waals surface area (Å²) in [6.45, 7) is 0. The molecule has 0 saturated heterocycles. The van der Waals surface area contributed by atoms with Gasteiger partial charge in [-0.1, -0.05) is 48.5 Å². The van der Waals surface area contributed by atoms with Gasteiger partial charge in [0.25, 0.3) is 5.91 Å². The summed E-state index contributed by atoms with van der Waals surface area (Å²) in [5, 5.41) is 7.47. The highest BCUT2D eigenvalue weighted by Gasteiger charge is 2.16. The van der Waals surface area contributed by atoms with Crippen molar-refractivity contribution in [2.24, 2.45) is 0 Å². The highest BCUT2D eigenvalue weighted by Crippen LogP contribution is 2.23. The van der Waals surface area contributed by atoms with Gasteiger partial charge in [-0.2, -0.15) is 9.67 Å². The van der Waals surface area contributed by atoms with Crippen molar-refractivity contribution < 1.29 is 9.53 Å². The molecule has 0 bridgehead atoms. The fourth-order valence-electron chi connectivity index (χ4n) is 2.77. The number of benzene rings is 3. The largest absolute Gasteiger partial charge is 0.497 e. The van der Waals surface area contributed by atoms with Gasteiger partial charge in [0.05, 0.1) is 12.8 Å². The van der Waals surface area contributed by atoms with E-state index in [4.69, 9.17) is 4.74 Å². The van der Waals surface area contributed by atoms with Crippen LogP contribution in [0.25, 0.3) is 17.1 Å². The molecule has 0 spiro atoms. The molecule has 0 atom stereocenters. The Hall–Kier alpha value is -3.93. The molecule has 0 saturated carbocycles. The summed E-state index contributed by atoms with van der Waals surface area (Å²) in [6, 6.07) is 26.0. The monoisotopic (exact) mass is 370 g/mol. The Morgan fingerprint density at radius 2 is 1.54 bits per heavy atom. The van der Waals surface area contributed by atoms with Crippen LogP contribution in [-0.4, -0.2) is 27.8 Å². The number of aromatic nitrogens is 3. The van der Waals surface area contributed by atoms with Crippen molar-refractivity contribution >= 4 is 11.9 Å². The second-order valence-electron chi connectivity index (χ2n) is 6.06. The summed E-state index contributed by atoms with van der Waals surface area (Å²) in [5.41, 5.74) is 2.18. The van der Waals surface area contributed by atoms with Gasteiger partial charge in [0, 0.05) is 11.1 Å². The van der Waals surface area contributed by atoms with Crippen molar-refractivity contribution in [1.82, 2.24) is 14.8 Å². The van der Waals surface area contributed by atoms with Crippen LogP contribution in [0.3, 0.4) is 0 Å². The molecular formula is C22H18N4O2. The van der Waals surface area contributed by atoms with E-state index in [1.165, 1.54) is 0 Å². The number of anilines is 1. The average molecular weight is 370 g/mol. The molecule has 28 heavy (non-hydrogen) atoms. The second kappa shape index (κ2) is 7.75. The summed E-state index contributed by atoms with van der Waals surface area (Å²) in [7, 11) is 1.61. The number of ether oxygens (including phenoxy) is 1. The van der Waals surface area contributed by atoms with E-state index in [0.29, 0.717) is 17.3 Å². The van der Waals surface area contributed by atoms with E-state index in [1.807, 2.05) is 72.8 Å². The van der Waals surface area contributed by atoms with Gasteiger partial charge in [-0.3, -0.25) is 10.1 Å². The Morgan fingerprint density at radius 3 is 2.18 bits per heavy atom. The summed E-state index contributed by atoms with van der Waals surface area (Å²) in [5.74, 6) is 1.36. The number of nitrogens with zero attached hydrogens (tertiary/aromatic N) is 3. The molecule has 6 heteroatoms. The molecule has 0 unspecified atom stereocenters. The fourth-order valence-corrected chi connectivity index (χ4v) is 2.77. The smallest absolute Gasteiger partial charge is 0.258 e. The zero-order valence-corrected chi connectivity index (χ0v) is 15.2. The highest BCUT2D eigenvalue weighted by molar-refractivity contribution is 6.03. The van der Waals surface area contributed by atoms with Crippen molar-refractivity contribution in [3.05, 3.63) is 90.5 Å². The Kier molecular flexibility index (Phi) is 4.84. The molecule has 4 aromatic rings. The number of hydrogen-bond acceptors (Lipinski definition) is 4. The standard InChI is InChI=1S/C22H18N4O2/c1-28-19-14-12-18(13-15-19)26-22(24-21(27)17-10-6-3-7-11-17)23-20(25-26)16-8-4-2-5-9-16/h2-15H,1H3,(H,23,24,25,27). The van der Waals surface area contributed by atoms with Crippen LogP contribution in [-0.2, 0) is 0 Å². The summed E-state index contributed by atoms with van der Waals surface area (Å²) >= 11 is 0. The fraction of sp³-hybridized carbons (Fsp3) is 0.0455. The van der Waals surface area contributed by atoms with Crippen LogP contribution in [0.15, 0.2) is 84.9 Å². The van der Waals surface area contributed by atoms with E-state index in [9.17, 15) is 4.79 Å². The molecule has 0 aliphatic heterocycles. The van der Waals surface area contributed by atoms with Gasteiger partial charge in [0.2, 0.25) is 5.95 Å². The van der Waals surface area contributed by atoms with E-state index in [-0.39, 0.29) is 5.91 Å². The van der Waals surface area contributed by atoms with E-state index in [0.717, 1.165) is 17.0 Å². The molecule has 1 aromatic heterocycles. The molecule has 1 heterocycles. The van der Waals surface area contributed by atoms with Gasteiger partial charge in [-0.25, -0.2) is 0 Å². The lowest BCUT2D eigenvalue weighted by Gasteiger charge is -2.08. The molecule has 138 valence electrons. The molecule has 0 fully saturated rings. The average Bonchev–Trinajstić information content (AvgIpc) is 3.19. The molecule has 1 amide bonds. The Labute approximate surface area is 162 Å². The van der Waals surface area contributed by atoms with Crippen LogP contribution in [0.5, 0.6) is 5.75 Å². The lowest BCUT2D eigenvalue weighted by atomic mass is 10.2. The third kappa shape index (κ3) is 3.61. The van der Waals surface area contributed by atoms with Crippen LogP contribution in [0.4, 0.5) is 5.95 Å². The minimum absolute atomic E-state index is 0.248. The number of amides is 1. The van der Waals surface area contributed by atoms with Crippen LogP contribution in [0.1, 0.15) is 10.4 Å². The van der Waals surface area contributed by atoms with Crippen molar-refractivity contribution in [2.75, 3.05) is 12.4 Å². The predicted octanol–water partition coefficient (Wildman–Crippen LogP) is 4.20. The SMILES string of the molecule is COc1ccc(-n2nc(-c3ccccc3)nc2NC(=O)c2ccccc2)cc1. The third-order valence-electron chi connectivity index (χ3n) is 4.22. The summed E-state index contributed by atoms with van der Waals surface area (Å²) < 4.78 is 6.83. The van der Waals surface area contributed by atoms with Crippen molar-refractivity contribution in [1.29, 1.82) is 0 Å². The second-order valence-corrected chi connectivity index (χ2v) is 6.06. The van der Waals surface area contributed by atoms with Crippen LogP contribution >= 0.6 is 0 Å². The minimum Gasteiger partial charge on any atom is -0.497 e. The Balaban J connectivity index is 1.74. The van der Waals surface area contributed by atoms with Gasteiger partial charge < -0.3 is 4.74 Å². The van der Waals surface area contributed by atoms with Crippen LogP contribution in [0.2, 0.25) is 0 Å². The first-order valence-corrected chi connectivity index (χ1v) is 8.78. The first-order valence-electron chi connectivity index (χ1n) is 8.78. The molecule has 3 aromatic carbocycles. The van der Waals surface area contributed by atoms with Crippen molar-refractivity contribution in [3.8, 4) is 22.8 Å². The van der Waals surface area contributed by atoms with Crippen LogP contribution in [0, 0.1) is 0 Å². The van der Waals surface area contributed by atoms with E-state index >= 15 is 0 Å².